The molecule has 3 heterocycles. The van der Waals surface area contributed by atoms with E-state index in [-0.39, 0.29) is 5.82 Å². The molecular weight excluding hydrogens is 265 g/mol. The third kappa shape index (κ3) is 2.27. The number of hydrogen-bond donors (Lipinski definition) is 0. The molecule has 0 aromatic carbocycles. The summed E-state index contributed by atoms with van der Waals surface area (Å²) < 4.78 is 14.1. The van der Waals surface area contributed by atoms with Crippen LogP contribution in [0.3, 0.4) is 0 Å². The number of halogens is 1. The van der Waals surface area contributed by atoms with Gasteiger partial charge in [0, 0.05) is 23.3 Å². The topological polar surface area (TPSA) is 38.7 Å². The van der Waals surface area contributed by atoms with E-state index in [2.05, 4.69) is 28.8 Å². The van der Waals surface area contributed by atoms with Gasteiger partial charge in [-0.15, -0.1) is 0 Å². The second-order valence-electron chi connectivity index (χ2n) is 4.87. The van der Waals surface area contributed by atoms with Gasteiger partial charge in [0.25, 0.3) is 0 Å². The van der Waals surface area contributed by atoms with Crippen molar-refractivity contribution in [1.29, 1.82) is 0 Å². The third-order valence-corrected chi connectivity index (χ3v) is 3.74. The zero-order chi connectivity index (χ0) is 14.8. The predicted octanol–water partition coefficient (Wildman–Crippen LogP) is 3.96. The van der Waals surface area contributed by atoms with Crippen LogP contribution in [0.25, 0.3) is 22.2 Å². The maximum atomic E-state index is 14.1. The van der Waals surface area contributed by atoms with Crippen molar-refractivity contribution in [3.63, 3.8) is 0 Å². The van der Waals surface area contributed by atoms with Crippen molar-refractivity contribution >= 4 is 10.9 Å². The molecule has 0 aliphatic heterocycles. The molecule has 0 N–H and O–H groups in total. The molecule has 0 bridgehead atoms. The fourth-order valence-electron chi connectivity index (χ4n) is 2.80. The summed E-state index contributed by atoms with van der Waals surface area (Å²) in [4.78, 5) is 12.6. The number of fused-ring (bicyclic) bond motifs is 1. The maximum Gasteiger partial charge on any atom is 0.150 e. The van der Waals surface area contributed by atoms with Gasteiger partial charge in [-0.25, -0.2) is 9.37 Å². The zero-order valence-electron chi connectivity index (χ0n) is 12.1. The van der Waals surface area contributed by atoms with Gasteiger partial charge < -0.3 is 0 Å². The van der Waals surface area contributed by atoms with Crippen molar-refractivity contribution in [3.05, 3.63) is 53.9 Å². The molecule has 3 aromatic heterocycles. The Labute approximate surface area is 122 Å². The van der Waals surface area contributed by atoms with E-state index in [0.29, 0.717) is 11.3 Å². The van der Waals surface area contributed by atoms with E-state index in [1.807, 2.05) is 6.07 Å². The maximum absolute atomic E-state index is 14.1. The lowest BCUT2D eigenvalue weighted by Crippen LogP contribution is -2.02. The molecule has 3 aromatic rings. The Morgan fingerprint density at radius 3 is 2.38 bits per heavy atom. The molecule has 4 heteroatoms. The van der Waals surface area contributed by atoms with Crippen LogP contribution in [0.1, 0.15) is 25.0 Å². The summed E-state index contributed by atoms with van der Waals surface area (Å²) >= 11 is 0. The number of rotatable bonds is 3. The van der Waals surface area contributed by atoms with E-state index in [1.165, 1.54) is 11.8 Å². The van der Waals surface area contributed by atoms with Crippen LogP contribution in [0.2, 0.25) is 0 Å². The van der Waals surface area contributed by atoms with Gasteiger partial charge in [0.1, 0.15) is 0 Å². The molecule has 21 heavy (non-hydrogen) atoms. The summed E-state index contributed by atoms with van der Waals surface area (Å²) in [6, 6.07) is 3.66. The Morgan fingerprint density at radius 2 is 1.67 bits per heavy atom. The van der Waals surface area contributed by atoms with Gasteiger partial charge in [-0.1, -0.05) is 13.8 Å². The largest absolute Gasteiger partial charge is 0.262 e. The van der Waals surface area contributed by atoms with Crippen molar-refractivity contribution in [2.24, 2.45) is 0 Å². The van der Waals surface area contributed by atoms with Gasteiger partial charge in [0.2, 0.25) is 0 Å². The lowest BCUT2D eigenvalue weighted by Gasteiger charge is -2.15. The van der Waals surface area contributed by atoms with Crippen molar-refractivity contribution in [3.8, 4) is 11.3 Å². The van der Waals surface area contributed by atoms with E-state index in [4.69, 9.17) is 0 Å². The number of pyridine rings is 3. The first-order valence-corrected chi connectivity index (χ1v) is 7.11. The quantitative estimate of drug-likeness (QED) is 0.729. The normalized spacial score (nSPS) is 11.0. The monoisotopic (exact) mass is 281 g/mol. The molecule has 0 spiro atoms. The summed E-state index contributed by atoms with van der Waals surface area (Å²) in [6.45, 7) is 4.19. The highest BCUT2D eigenvalue weighted by molar-refractivity contribution is 5.86. The second kappa shape index (κ2) is 5.56. The van der Waals surface area contributed by atoms with Crippen LogP contribution in [0.15, 0.2) is 36.9 Å². The molecule has 0 fully saturated rings. The molecule has 0 radical (unpaired) electrons. The number of aromatic nitrogens is 3. The SMILES string of the molecule is CCc1c(-c2ccncc2F)nc2cnccc2c1CC. The van der Waals surface area contributed by atoms with Crippen LogP contribution < -0.4 is 0 Å². The average Bonchev–Trinajstić information content (AvgIpc) is 2.53. The minimum Gasteiger partial charge on any atom is -0.262 e. The van der Waals surface area contributed by atoms with E-state index >= 15 is 0 Å². The summed E-state index contributed by atoms with van der Waals surface area (Å²) in [7, 11) is 0. The van der Waals surface area contributed by atoms with Crippen molar-refractivity contribution in [2.45, 2.75) is 26.7 Å². The van der Waals surface area contributed by atoms with Gasteiger partial charge in [-0.2, -0.15) is 0 Å². The molecule has 0 amide bonds. The van der Waals surface area contributed by atoms with Crippen LogP contribution in [-0.2, 0) is 12.8 Å². The Morgan fingerprint density at radius 1 is 0.952 bits per heavy atom. The Hall–Kier alpha value is -2.36. The minimum absolute atomic E-state index is 0.343. The van der Waals surface area contributed by atoms with Crippen LogP contribution >= 0.6 is 0 Å². The summed E-state index contributed by atoms with van der Waals surface area (Å²) in [5, 5.41) is 1.10. The minimum atomic E-state index is -0.343. The van der Waals surface area contributed by atoms with Crippen molar-refractivity contribution in [2.75, 3.05) is 0 Å². The first-order chi connectivity index (χ1) is 10.3. The first kappa shape index (κ1) is 13.6. The zero-order valence-corrected chi connectivity index (χ0v) is 12.1. The van der Waals surface area contributed by atoms with E-state index in [0.717, 1.165) is 29.3 Å². The van der Waals surface area contributed by atoms with Crippen molar-refractivity contribution in [1.82, 2.24) is 15.0 Å². The molecule has 0 aliphatic rings. The standard InChI is InChI=1S/C17H16FN3/c1-3-11-12(4-2)17(14-6-8-19-9-15(14)18)21-16-10-20-7-5-13(11)16/h5-10H,3-4H2,1-2H3. The molecule has 0 atom stereocenters. The van der Waals surface area contributed by atoms with Crippen LogP contribution in [-0.4, -0.2) is 15.0 Å². The van der Waals surface area contributed by atoms with E-state index in [9.17, 15) is 4.39 Å². The van der Waals surface area contributed by atoms with Crippen LogP contribution in [0, 0.1) is 5.82 Å². The summed E-state index contributed by atoms with van der Waals surface area (Å²) in [5.41, 5.74) is 4.33. The number of hydrogen-bond acceptors (Lipinski definition) is 3. The Balaban J connectivity index is 2.40. The lowest BCUT2D eigenvalue weighted by atomic mass is 9.94. The molecule has 3 rings (SSSR count). The lowest BCUT2D eigenvalue weighted by molar-refractivity contribution is 0.624. The fourth-order valence-corrected chi connectivity index (χ4v) is 2.80. The molecule has 0 aliphatic carbocycles. The van der Waals surface area contributed by atoms with Gasteiger partial charge in [0.05, 0.1) is 23.6 Å². The average molecular weight is 281 g/mol. The highest BCUT2D eigenvalue weighted by atomic mass is 19.1. The molecule has 0 saturated heterocycles. The van der Waals surface area contributed by atoms with Gasteiger partial charge in [-0.05, 0) is 36.1 Å². The fraction of sp³-hybridized carbons (Fsp3) is 0.235. The van der Waals surface area contributed by atoms with Gasteiger partial charge >= 0.3 is 0 Å². The number of aryl methyl sites for hydroxylation is 1. The summed E-state index contributed by atoms with van der Waals surface area (Å²) in [5.74, 6) is -0.343. The van der Waals surface area contributed by atoms with Crippen LogP contribution in [0.4, 0.5) is 4.39 Å². The summed E-state index contributed by atoms with van der Waals surface area (Å²) in [6.07, 6.45) is 8.03. The predicted molar refractivity (Wildman–Crippen MR) is 81.5 cm³/mol. The van der Waals surface area contributed by atoms with E-state index < -0.39 is 0 Å². The Kier molecular flexibility index (Phi) is 3.60. The molecule has 106 valence electrons. The smallest absolute Gasteiger partial charge is 0.150 e. The third-order valence-electron chi connectivity index (χ3n) is 3.74. The number of nitrogens with zero attached hydrogens (tertiary/aromatic N) is 3. The Bertz CT molecular complexity index is 799. The first-order valence-electron chi connectivity index (χ1n) is 7.11. The van der Waals surface area contributed by atoms with Crippen molar-refractivity contribution < 1.29 is 4.39 Å². The highest BCUT2D eigenvalue weighted by Crippen LogP contribution is 2.31. The molecular formula is C17H16FN3. The van der Waals surface area contributed by atoms with Gasteiger partial charge in [0.15, 0.2) is 5.82 Å². The molecule has 0 unspecified atom stereocenters. The van der Waals surface area contributed by atoms with Gasteiger partial charge in [-0.3, -0.25) is 9.97 Å². The molecule has 3 nitrogen and oxygen atoms in total. The highest BCUT2D eigenvalue weighted by Gasteiger charge is 2.16. The molecule has 0 saturated carbocycles. The van der Waals surface area contributed by atoms with Crippen LogP contribution in [0.5, 0.6) is 0 Å². The van der Waals surface area contributed by atoms with E-state index in [1.54, 1.807) is 24.7 Å². The second-order valence-corrected chi connectivity index (χ2v) is 4.87.